The number of rotatable bonds is 7. The third kappa shape index (κ3) is 4.52. The van der Waals surface area contributed by atoms with Gasteiger partial charge in [0.2, 0.25) is 0 Å². The lowest BCUT2D eigenvalue weighted by Crippen LogP contribution is -2.51. The molecule has 1 aromatic heterocycles. The van der Waals surface area contributed by atoms with E-state index in [2.05, 4.69) is 20.3 Å². The SMILES string of the molecule is Fc1cc(CNCC(C2CCOC2)N2CCOCC2)ccc1-n1cncn1. The number of hydrogen-bond acceptors (Lipinski definition) is 6. The Kier molecular flexibility index (Phi) is 6.08. The van der Waals surface area contributed by atoms with E-state index >= 15 is 0 Å². The minimum Gasteiger partial charge on any atom is -0.381 e. The summed E-state index contributed by atoms with van der Waals surface area (Å²) in [5.41, 5.74) is 1.32. The molecule has 4 rings (SSSR count). The number of aromatic nitrogens is 3. The lowest BCUT2D eigenvalue weighted by molar-refractivity contribution is 0.00137. The fourth-order valence-corrected chi connectivity index (χ4v) is 3.90. The van der Waals surface area contributed by atoms with Gasteiger partial charge in [0, 0.05) is 44.7 Å². The zero-order chi connectivity index (χ0) is 18.5. The molecule has 27 heavy (non-hydrogen) atoms. The molecule has 1 N–H and O–H groups in total. The summed E-state index contributed by atoms with van der Waals surface area (Å²) in [6, 6.07) is 5.66. The number of nitrogens with zero attached hydrogens (tertiary/aromatic N) is 4. The maximum atomic E-state index is 14.4. The molecule has 2 fully saturated rings. The second-order valence-electron chi connectivity index (χ2n) is 7.10. The van der Waals surface area contributed by atoms with Crippen molar-refractivity contribution < 1.29 is 13.9 Å². The van der Waals surface area contributed by atoms with E-state index in [1.165, 1.54) is 17.3 Å². The van der Waals surface area contributed by atoms with Crippen LogP contribution < -0.4 is 5.32 Å². The fourth-order valence-electron chi connectivity index (χ4n) is 3.90. The van der Waals surface area contributed by atoms with Crippen molar-refractivity contribution in [3.8, 4) is 5.69 Å². The second-order valence-corrected chi connectivity index (χ2v) is 7.10. The average Bonchev–Trinajstić information content (AvgIpc) is 3.40. The third-order valence-corrected chi connectivity index (χ3v) is 5.38. The van der Waals surface area contributed by atoms with Crippen LogP contribution in [0, 0.1) is 11.7 Å². The van der Waals surface area contributed by atoms with E-state index in [-0.39, 0.29) is 5.82 Å². The van der Waals surface area contributed by atoms with Gasteiger partial charge in [0.25, 0.3) is 0 Å². The van der Waals surface area contributed by atoms with Gasteiger partial charge >= 0.3 is 0 Å². The van der Waals surface area contributed by atoms with Crippen molar-refractivity contribution in [1.29, 1.82) is 0 Å². The van der Waals surface area contributed by atoms with Crippen LogP contribution in [0.2, 0.25) is 0 Å². The zero-order valence-corrected chi connectivity index (χ0v) is 15.4. The van der Waals surface area contributed by atoms with Crippen LogP contribution in [0.3, 0.4) is 0 Å². The number of halogens is 1. The highest BCUT2D eigenvalue weighted by Gasteiger charge is 2.31. The molecule has 2 aromatic rings. The van der Waals surface area contributed by atoms with Crippen LogP contribution in [0.5, 0.6) is 0 Å². The summed E-state index contributed by atoms with van der Waals surface area (Å²) in [5.74, 6) is 0.246. The van der Waals surface area contributed by atoms with Gasteiger partial charge in [0.15, 0.2) is 0 Å². The van der Waals surface area contributed by atoms with E-state index in [4.69, 9.17) is 9.47 Å². The van der Waals surface area contributed by atoms with Crippen molar-refractivity contribution in [2.24, 2.45) is 5.92 Å². The van der Waals surface area contributed by atoms with E-state index < -0.39 is 0 Å². The Morgan fingerprint density at radius 3 is 2.81 bits per heavy atom. The van der Waals surface area contributed by atoms with Crippen molar-refractivity contribution >= 4 is 0 Å². The van der Waals surface area contributed by atoms with E-state index in [0.29, 0.717) is 24.2 Å². The van der Waals surface area contributed by atoms with Gasteiger partial charge in [-0.2, -0.15) is 5.10 Å². The van der Waals surface area contributed by atoms with Crippen molar-refractivity contribution in [3.63, 3.8) is 0 Å². The first-order valence-corrected chi connectivity index (χ1v) is 9.55. The highest BCUT2D eigenvalue weighted by Crippen LogP contribution is 2.22. The second kappa shape index (κ2) is 8.88. The summed E-state index contributed by atoms with van der Waals surface area (Å²) < 4.78 is 26.9. The van der Waals surface area contributed by atoms with Crippen LogP contribution in [0.15, 0.2) is 30.9 Å². The molecule has 0 amide bonds. The molecule has 7 nitrogen and oxygen atoms in total. The van der Waals surface area contributed by atoms with Crippen LogP contribution in [0.4, 0.5) is 4.39 Å². The quantitative estimate of drug-likeness (QED) is 0.786. The smallest absolute Gasteiger partial charge is 0.149 e. The summed E-state index contributed by atoms with van der Waals surface area (Å²) in [7, 11) is 0. The summed E-state index contributed by atoms with van der Waals surface area (Å²) in [6.07, 6.45) is 3.99. The van der Waals surface area contributed by atoms with Crippen LogP contribution in [0.25, 0.3) is 5.69 Å². The van der Waals surface area contributed by atoms with Crippen LogP contribution in [0.1, 0.15) is 12.0 Å². The van der Waals surface area contributed by atoms with Gasteiger partial charge in [-0.25, -0.2) is 14.1 Å². The van der Waals surface area contributed by atoms with E-state index in [9.17, 15) is 4.39 Å². The Labute approximate surface area is 158 Å². The maximum Gasteiger partial charge on any atom is 0.149 e. The first-order chi connectivity index (χ1) is 13.3. The van der Waals surface area contributed by atoms with Crippen molar-refractivity contribution in [2.75, 3.05) is 46.1 Å². The van der Waals surface area contributed by atoms with Crippen LogP contribution in [-0.2, 0) is 16.0 Å². The molecule has 2 aliphatic rings. The molecule has 0 spiro atoms. The lowest BCUT2D eigenvalue weighted by atomic mass is 9.96. The van der Waals surface area contributed by atoms with Crippen LogP contribution >= 0.6 is 0 Å². The molecule has 0 bridgehead atoms. The molecule has 146 valence electrons. The molecule has 2 aliphatic heterocycles. The minimum atomic E-state index is -0.297. The summed E-state index contributed by atoms with van der Waals surface area (Å²) in [5, 5.41) is 7.50. The lowest BCUT2D eigenvalue weighted by Gasteiger charge is -2.37. The third-order valence-electron chi connectivity index (χ3n) is 5.38. The van der Waals surface area contributed by atoms with Gasteiger partial charge in [0.1, 0.15) is 24.2 Å². The topological polar surface area (TPSA) is 64.4 Å². The molecule has 1 aromatic carbocycles. The fraction of sp³-hybridized carbons (Fsp3) is 0.579. The number of nitrogens with one attached hydrogen (secondary N) is 1. The van der Waals surface area contributed by atoms with E-state index in [0.717, 1.165) is 58.0 Å². The molecule has 2 atom stereocenters. The molecule has 0 radical (unpaired) electrons. The number of benzene rings is 1. The largest absolute Gasteiger partial charge is 0.381 e. The predicted molar refractivity (Wildman–Crippen MR) is 98.1 cm³/mol. The van der Waals surface area contributed by atoms with Gasteiger partial charge in [-0.3, -0.25) is 4.90 Å². The van der Waals surface area contributed by atoms with Gasteiger partial charge in [-0.15, -0.1) is 0 Å². The monoisotopic (exact) mass is 375 g/mol. The standard InChI is InChI=1S/C19H26FN5O2/c20-17-9-15(1-2-18(17)25-14-22-13-23-25)10-21-11-19(16-3-6-27-12-16)24-4-7-26-8-5-24/h1-2,9,13-14,16,19,21H,3-8,10-12H2. The van der Waals surface area contributed by atoms with Crippen molar-refractivity contribution in [1.82, 2.24) is 25.0 Å². The Balaban J connectivity index is 1.36. The molecule has 0 saturated carbocycles. The highest BCUT2D eigenvalue weighted by atomic mass is 19.1. The first-order valence-electron chi connectivity index (χ1n) is 9.55. The average molecular weight is 375 g/mol. The molecular weight excluding hydrogens is 349 g/mol. The van der Waals surface area contributed by atoms with Crippen LogP contribution in [-0.4, -0.2) is 71.8 Å². The Morgan fingerprint density at radius 2 is 2.11 bits per heavy atom. The molecule has 2 saturated heterocycles. The van der Waals surface area contributed by atoms with E-state index in [1.807, 2.05) is 6.07 Å². The van der Waals surface area contributed by atoms with E-state index in [1.54, 1.807) is 12.1 Å². The molecule has 0 aliphatic carbocycles. The van der Waals surface area contributed by atoms with Crippen molar-refractivity contribution in [2.45, 2.75) is 19.0 Å². The van der Waals surface area contributed by atoms with Gasteiger partial charge in [0.05, 0.1) is 19.8 Å². The highest BCUT2D eigenvalue weighted by molar-refractivity contribution is 5.35. The first kappa shape index (κ1) is 18.5. The minimum absolute atomic E-state index is 0.297. The van der Waals surface area contributed by atoms with Gasteiger partial charge in [-0.1, -0.05) is 6.07 Å². The summed E-state index contributed by atoms with van der Waals surface area (Å²) >= 11 is 0. The maximum absolute atomic E-state index is 14.4. The molecule has 8 heteroatoms. The Hall–Kier alpha value is -1.87. The zero-order valence-electron chi connectivity index (χ0n) is 15.4. The predicted octanol–water partition coefficient (Wildman–Crippen LogP) is 1.23. The number of morpholine rings is 1. The molecule has 3 heterocycles. The number of ether oxygens (including phenoxy) is 2. The summed E-state index contributed by atoms with van der Waals surface area (Å²) in [6.45, 7) is 6.67. The van der Waals surface area contributed by atoms with Gasteiger partial charge in [-0.05, 0) is 24.1 Å². The summed E-state index contributed by atoms with van der Waals surface area (Å²) in [4.78, 5) is 6.37. The Morgan fingerprint density at radius 1 is 1.22 bits per heavy atom. The number of hydrogen-bond donors (Lipinski definition) is 1. The molecular formula is C19H26FN5O2. The normalized spacial score (nSPS) is 22.2. The molecule has 2 unspecified atom stereocenters. The van der Waals surface area contributed by atoms with Gasteiger partial charge < -0.3 is 14.8 Å². The Bertz CT molecular complexity index is 715. The van der Waals surface area contributed by atoms with Crippen molar-refractivity contribution in [3.05, 3.63) is 42.2 Å².